The molecule has 6 nitrogen and oxygen atoms in total. The van der Waals surface area contributed by atoms with Gasteiger partial charge in [0.15, 0.2) is 5.82 Å². The van der Waals surface area contributed by atoms with E-state index in [4.69, 9.17) is 9.26 Å². The monoisotopic (exact) mass is 343 g/mol. The van der Waals surface area contributed by atoms with Crippen LogP contribution in [0.1, 0.15) is 55.9 Å². The summed E-state index contributed by atoms with van der Waals surface area (Å²) in [6, 6.07) is 8.29. The molecule has 1 atom stereocenters. The van der Waals surface area contributed by atoms with Crippen molar-refractivity contribution < 1.29 is 14.1 Å². The molecule has 1 amide bonds. The Morgan fingerprint density at radius 1 is 1.36 bits per heavy atom. The average Bonchev–Trinajstić information content (AvgIpc) is 3.25. The number of amides is 1. The van der Waals surface area contributed by atoms with Crippen LogP contribution in [-0.4, -0.2) is 34.1 Å². The highest BCUT2D eigenvalue weighted by atomic mass is 16.5. The van der Waals surface area contributed by atoms with Crippen LogP contribution in [0.15, 0.2) is 28.8 Å². The Bertz CT molecular complexity index is 696. The van der Waals surface area contributed by atoms with E-state index in [0.717, 1.165) is 31.6 Å². The fourth-order valence-electron chi connectivity index (χ4n) is 3.34. The Morgan fingerprint density at radius 2 is 2.16 bits per heavy atom. The smallest absolute Gasteiger partial charge is 0.226 e. The summed E-state index contributed by atoms with van der Waals surface area (Å²) in [6.07, 6.45) is 3.95. The van der Waals surface area contributed by atoms with E-state index in [0.29, 0.717) is 31.2 Å². The molecule has 134 valence electrons. The molecule has 1 aliphatic rings. The molecule has 1 aromatic heterocycles. The predicted molar refractivity (Wildman–Crippen MR) is 93.3 cm³/mol. The molecule has 3 rings (SSSR count). The second-order valence-electron chi connectivity index (χ2n) is 6.34. The van der Waals surface area contributed by atoms with Crippen molar-refractivity contribution in [3.05, 3.63) is 41.5 Å². The molecule has 25 heavy (non-hydrogen) atoms. The van der Waals surface area contributed by atoms with Crippen LogP contribution in [0, 0.1) is 6.92 Å². The maximum absolute atomic E-state index is 12.6. The molecule has 0 aliphatic carbocycles. The minimum Gasteiger partial charge on any atom is -0.494 e. The molecular weight excluding hydrogens is 318 g/mol. The molecular formula is C19H25N3O3. The second-order valence-corrected chi connectivity index (χ2v) is 6.34. The molecule has 6 heteroatoms. The molecule has 1 fully saturated rings. The lowest BCUT2D eigenvalue weighted by molar-refractivity contribution is -0.132. The van der Waals surface area contributed by atoms with Gasteiger partial charge in [0, 0.05) is 19.4 Å². The van der Waals surface area contributed by atoms with Crippen molar-refractivity contribution in [2.75, 3.05) is 13.2 Å². The third kappa shape index (κ3) is 4.38. The maximum Gasteiger partial charge on any atom is 0.226 e. The molecule has 0 bridgehead atoms. The van der Waals surface area contributed by atoms with E-state index in [1.54, 1.807) is 6.92 Å². The number of nitrogens with zero attached hydrogens (tertiary/aromatic N) is 3. The lowest BCUT2D eigenvalue weighted by atomic mass is 10.0. The number of ether oxygens (including phenoxy) is 1. The van der Waals surface area contributed by atoms with E-state index >= 15 is 0 Å². The molecule has 0 spiro atoms. The van der Waals surface area contributed by atoms with Crippen molar-refractivity contribution in [1.29, 1.82) is 0 Å². The summed E-state index contributed by atoms with van der Waals surface area (Å²) in [4.78, 5) is 18.8. The first kappa shape index (κ1) is 17.5. The zero-order chi connectivity index (χ0) is 17.6. The topological polar surface area (TPSA) is 68.5 Å². The van der Waals surface area contributed by atoms with Crippen LogP contribution in [0.5, 0.6) is 5.75 Å². The summed E-state index contributed by atoms with van der Waals surface area (Å²) in [5.74, 6) is 2.32. The van der Waals surface area contributed by atoms with Crippen molar-refractivity contribution in [3.8, 4) is 5.75 Å². The molecule has 1 saturated heterocycles. The lowest BCUT2D eigenvalue weighted by Crippen LogP contribution is -2.30. The van der Waals surface area contributed by atoms with Crippen LogP contribution in [0.25, 0.3) is 0 Å². The van der Waals surface area contributed by atoms with Gasteiger partial charge in [0.05, 0.1) is 12.6 Å². The quantitative estimate of drug-likeness (QED) is 0.770. The normalized spacial score (nSPS) is 17.0. The van der Waals surface area contributed by atoms with E-state index in [1.807, 2.05) is 24.0 Å². The third-order valence-corrected chi connectivity index (χ3v) is 4.50. The zero-order valence-corrected chi connectivity index (χ0v) is 14.9. The van der Waals surface area contributed by atoms with Gasteiger partial charge in [-0.1, -0.05) is 17.3 Å². The largest absolute Gasteiger partial charge is 0.494 e. The van der Waals surface area contributed by atoms with Gasteiger partial charge in [0.2, 0.25) is 11.8 Å². The lowest BCUT2D eigenvalue weighted by Gasteiger charge is -2.25. The first-order chi connectivity index (χ1) is 12.2. The summed E-state index contributed by atoms with van der Waals surface area (Å²) < 4.78 is 10.6. The van der Waals surface area contributed by atoms with Gasteiger partial charge >= 0.3 is 0 Å². The predicted octanol–water partition coefficient (Wildman–Crippen LogP) is 3.46. The molecule has 2 heterocycles. The first-order valence-electron chi connectivity index (χ1n) is 8.98. The van der Waals surface area contributed by atoms with E-state index in [2.05, 4.69) is 22.3 Å². The van der Waals surface area contributed by atoms with Gasteiger partial charge in [-0.05, 0) is 50.8 Å². The van der Waals surface area contributed by atoms with Crippen molar-refractivity contribution in [1.82, 2.24) is 15.0 Å². The second kappa shape index (κ2) is 8.14. The molecule has 1 aromatic carbocycles. The number of carbonyl (C=O) groups is 1. The Kier molecular flexibility index (Phi) is 5.68. The van der Waals surface area contributed by atoms with Gasteiger partial charge in [0.25, 0.3) is 0 Å². The molecule has 0 N–H and O–H groups in total. The fourth-order valence-corrected chi connectivity index (χ4v) is 3.34. The Morgan fingerprint density at radius 3 is 2.84 bits per heavy atom. The highest BCUT2D eigenvalue weighted by Gasteiger charge is 2.29. The molecule has 1 aliphatic heterocycles. The van der Waals surface area contributed by atoms with Crippen LogP contribution in [0.3, 0.4) is 0 Å². The molecule has 2 aromatic rings. The number of rotatable bonds is 7. The average molecular weight is 343 g/mol. The summed E-state index contributed by atoms with van der Waals surface area (Å²) in [7, 11) is 0. The number of carbonyl (C=O) groups excluding carboxylic acids is 1. The number of likely N-dealkylation sites (tertiary alicyclic amines) is 1. The number of aryl methyl sites for hydroxylation is 2. The number of hydrogen-bond donors (Lipinski definition) is 0. The SMILES string of the molecule is CCOc1ccc([C@@H]2CCCN2C(=O)CCCc2nc(C)no2)cc1. The number of benzene rings is 1. The van der Waals surface area contributed by atoms with E-state index < -0.39 is 0 Å². The minimum atomic E-state index is 0.175. The highest BCUT2D eigenvalue weighted by Crippen LogP contribution is 2.33. The Balaban J connectivity index is 1.55. The van der Waals surface area contributed by atoms with Gasteiger partial charge in [-0.25, -0.2) is 0 Å². The fraction of sp³-hybridized carbons (Fsp3) is 0.526. The Labute approximate surface area is 148 Å². The van der Waals surface area contributed by atoms with Crippen molar-refractivity contribution >= 4 is 5.91 Å². The molecule has 0 unspecified atom stereocenters. The Hall–Kier alpha value is -2.37. The summed E-state index contributed by atoms with van der Waals surface area (Å²) in [5, 5.41) is 3.77. The van der Waals surface area contributed by atoms with Crippen molar-refractivity contribution in [3.63, 3.8) is 0 Å². The van der Waals surface area contributed by atoms with Crippen molar-refractivity contribution in [2.24, 2.45) is 0 Å². The summed E-state index contributed by atoms with van der Waals surface area (Å²) in [6.45, 7) is 5.26. The number of hydrogen-bond acceptors (Lipinski definition) is 5. The van der Waals surface area contributed by atoms with Gasteiger partial charge in [-0.3, -0.25) is 4.79 Å². The summed E-state index contributed by atoms with van der Waals surface area (Å²) in [5.41, 5.74) is 1.18. The molecule has 0 radical (unpaired) electrons. The van der Waals surface area contributed by atoms with Crippen LogP contribution >= 0.6 is 0 Å². The van der Waals surface area contributed by atoms with Crippen LogP contribution in [0.4, 0.5) is 0 Å². The minimum absolute atomic E-state index is 0.175. The van der Waals surface area contributed by atoms with Gasteiger partial charge < -0.3 is 14.2 Å². The van der Waals surface area contributed by atoms with E-state index in [1.165, 1.54) is 5.56 Å². The van der Waals surface area contributed by atoms with Gasteiger partial charge in [0.1, 0.15) is 5.75 Å². The number of aromatic nitrogens is 2. The third-order valence-electron chi connectivity index (χ3n) is 4.50. The van der Waals surface area contributed by atoms with Crippen LogP contribution in [0.2, 0.25) is 0 Å². The van der Waals surface area contributed by atoms with Gasteiger partial charge in [-0.15, -0.1) is 0 Å². The van der Waals surface area contributed by atoms with Crippen molar-refractivity contribution in [2.45, 2.75) is 52.0 Å². The van der Waals surface area contributed by atoms with Gasteiger partial charge in [-0.2, -0.15) is 4.98 Å². The van der Waals surface area contributed by atoms with E-state index in [-0.39, 0.29) is 11.9 Å². The van der Waals surface area contributed by atoms with E-state index in [9.17, 15) is 4.79 Å². The maximum atomic E-state index is 12.6. The zero-order valence-electron chi connectivity index (χ0n) is 14.9. The van der Waals surface area contributed by atoms with Crippen LogP contribution in [-0.2, 0) is 11.2 Å². The first-order valence-corrected chi connectivity index (χ1v) is 8.98. The summed E-state index contributed by atoms with van der Waals surface area (Å²) >= 11 is 0. The standard InChI is InChI=1S/C19H25N3O3/c1-3-24-16-11-9-15(10-12-16)17-6-5-13-22(17)19(23)8-4-7-18-20-14(2)21-25-18/h9-12,17H,3-8,13H2,1-2H3/t17-/m0/s1. The highest BCUT2D eigenvalue weighted by molar-refractivity contribution is 5.77. The van der Waals surface area contributed by atoms with Crippen LogP contribution < -0.4 is 4.74 Å². The molecule has 0 saturated carbocycles.